The van der Waals surface area contributed by atoms with E-state index in [9.17, 15) is 25.2 Å². The highest BCUT2D eigenvalue weighted by atomic mass is 16.4. The molecule has 0 saturated carbocycles. The lowest BCUT2D eigenvalue weighted by Crippen LogP contribution is -1.99. The van der Waals surface area contributed by atoms with Crippen molar-refractivity contribution < 1.29 is 30.3 Å². The zero-order valence-corrected chi connectivity index (χ0v) is 15.5. The summed E-state index contributed by atoms with van der Waals surface area (Å²) in [6, 6.07) is 9.39. The van der Waals surface area contributed by atoms with Gasteiger partial charge in [-0.2, -0.15) is 0 Å². The molecule has 1 aromatic heterocycles. The van der Waals surface area contributed by atoms with E-state index in [2.05, 4.69) is 4.98 Å². The van der Waals surface area contributed by atoms with Gasteiger partial charge in [0.25, 0.3) is 0 Å². The fourth-order valence-electron chi connectivity index (χ4n) is 3.11. The number of rotatable bonds is 7. The first-order chi connectivity index (χ1) is 13.8. The van der Waals surface area contributed by atoms with Crippen molar-refractivity contribution in [3.8, 4) is 23.0 Å². The highest BCUT2D eigenvalue weighted by Crippen LogP contribution is 2.35. The van der Waals surface area contributed by atoms with Crippen LogP contribution in [-0.4, -0.2) is 36.5 Å². The van der Waals surface area contributed by atoms with Crippen molar-refractivity contribution in [1.82, 2.24) is 4.98 Å². The van der Waals surface area contributed by atoms with Crippen molar-refractivity contribution in [2.24, 2.45) is 0 Å². The quantitative estimate of drug-likeness (QED) is 0.388. The van der Waals surface area contributed by atoms with Crippen LogP contribution in [0.2, 0.25) is 0 Å². The molecule has 0 radical (unpaired) electrons. The Balaban J connectivity index is 1.62. The molecule has 0 bridgehead atoms. The third-order valence-electron chi connectivity index (χ3n) is 4.68. The van der Waals surface area contributed by atoms with Crippen LogP contribution in [0, 0.1) is 0 Å². The van der Waals surface area contributed by atoms with E-state index in [1.165, 1.54) is 24.3 Å². The van der Waals surface area contributed by atoms with Gasteiger partial charge < -0.3 is 25.5 Å². The van der Waals surface area contributed by atoms with Crippen molar-refractivity contribution in [1.29, 1.82) is 0 Å². The fourth-order valence-corrected chi connectivity index (χ4v) is 3.11. The Kier molecular flexibility index (Phi) is 5.87. The molecule has 7 heteroatoms. The summed E-state index contributed by atoms with van der Waals surface area (Å²) in [7, 11) is 0. The SMILES string of the molecule is O=C(O)c1ccc(CCc2cncc(CCc3cc(O)c(O)c(O)c3)c2)cc1O. The molecule has 0 aliphatic rings. The predicted octanol–water partition coefficient (Wildman–Crippen LogP) is 3.17. The van der Waals surface area contributed by atoms with Crippen molar-refractivity contribution >= 4 is 5.97 Å². The first kappa shape index (κ1) is 20.0. The number of aromatic nitrogens is 1. The Morgan fingerprint density at radius 3 is 1.76 bits per heavy atom. The highest BCUT2D eigenvalue weighted by Gasteiger charge is 2.10. The predicted molar refractivity (Wildman–Crippen MR) is 106 cm³/mol. The van der Waals surface area contributed by atoms with Crippen LogP contribution in [0.5, 0.6) is 23.0 Å². The molecule has 3 aromatic rings. The first-order valence-electron chi connectivity index (χ1n) is 9.05. The maximum atomic E-state index is 11.0. The van der Waals surface area contributed by atoms with E-state index in [-0.39, 0.29) is 22.8 Å². The molecule has 0 aliphatic carbocycles. The zero-order chi connectivity index (χ0) is 21.0. The maximum Gasteiger partial charge on any atom is 0.339 e. The molecule has 150 valence electrons. The molecule has 5 N–H and O–H groups in total. The van der Waals surface area contributed by atoms with E-state index in [1.54, 1.807) is 18.5 Å². The topological polar surface area (TPSA) is 131 Å². The molecule has 29 heavy (non-hydrogen) atoms. The van der Waals surface area contributed by atoms with Crippen molar-refractivity contribution in [3.63, 3.8) is 0 Å². The van der Waals surface area contributed by atoms with Gasteiger partial charge in [-0.05, 0) is 72.2 Å². The van der Waals surface area contributed by atoms with Gasteiger partial charge in [-0.3, -0.25) is 4.98 Å². The summed E-state index contributed by atoms with van der Waals surface area (Å²) in [6.45, 7) is 0. The number of nitrogens with zero attached hydrogens (tertiary/aromatic N) is 1. The largest absolute Gasteiger partial charge is 0.507 e. The monoisotopic (exact) mass is 395 g/mol. The molecule has 0 aliphatic heterocycles. The van der Waals surface area contributed by atoms with Gasteiger partial charge in [0.2, 0.25) is 0 Å². The van der Waals surface area contributed by atoms with E-state index in [1.807, 2.05) is 6.07 Å². The number of carboxylic acid groups (broad SMARTS) is 1. The summed E-state index contributed by atoms with van der Waals surface area (Å²) in [5.41, 5.74) is 3.38. The minimum Gasteiger partial charge on any atom is -0.507 e. The summed E-state index contributed by atoms with van der Waals surface area (Å²) in [5, 5.41) is 47.4. The molecule has 2 aromatic carbocycles. The molecule has 7 nitrogen and oxygen atoms in total. The molecular formula is C22H21NO6. The summed E-state index contributed by atoms with van der Waals surface area (Å²) >= 11 is 0. The number of phenolic OH excluding ortho intramolecular Hbond substituents is 3. The van der Waals surface area contributed by atoms with Crippen LogP contribution in [0.25, 0.3) is 0 Å². The second-order valence-electron chi connectivity index (χ2n) is 6.84. The summed E-state index contributed by atoms with van der Waals surface area (Å²) in [6.07, 6.45) is 5.99. The lowest BCUT2D eigenvalue weighted by Gasteiger charge is -2.08. The maximum absolute atomic E-state index is 11.0. The molecule has 0 amide bonds. The van der Waals surface area contributed by atoms with Crippen LogP contribution < -0.4 is 0 Å². The lowest BCUT2D eigenvalue weighted by atomic mass is 10.0. The van der Waals surface area contributed by atoms with Gasteiger partial charge in [-0.15, -0.1) is 0 Å². The van der Waals surface area contributed by atoms with Crippen molar-refractivity contribution in [2.45, 2.75) is 25.7 Å². The number of hydrogen-bond donors (Lipinski definition) is 5. The molecule has 0 spiro atoms. The minimum atomic E-state index is -1.17. The average molecular weight is 395 g/mol. The number of benzene rings is 2. The van der Waals surface area contributed by atoms with Gasteiger partial charge >= 0.3 is 5.97 Å². The standard InChI is InChI=1S/C22H21NO6/c24-18-8-13(5-6-17(18)22(28)29)1-3-15-7-16(12-23-11-15)4-2-14-9-19(25)21(27)20(26)10-14/h5-12,24-27H,1-4H2,(H,28,29). The summed E-state index contributed by atoms with van der Waals surface area (Å²) < 4.78 is 0. The minimum absolute atomic E-state index is 0.122. The summed E-state index contributed by atoms with van der Waals surface area (Å²) in [4.78, 5) is 15.2. The second-order valence-corrected chi connectivity index (χ2v) is 6.84. The summed E-state index contributed by atoms with van der Waals surface area (Å²) in [5.74, 6) is -2.66. The fraction of sp³-hybridized carbons (Fsp3) is 0.182. The molecular weight excluding hydrogens is 374 g/mol. The van der Waals surface area contributed by atoms with Crippen LogP contribution in [-0.2, 0) is 25.7 Å². The van der Waals surface area contributed by atoms with Crippen LogP contribution in [0.3, 0.4) is 0 Å². The van der Waals surface area contributed by atoms with E-state index in [0.717, 1.165) is 16.7 Å². The van der Waals surface area contributed by atoms with E-state index < -0.39 is 11.7 Å². The van der Waals surface area contributed by atoms with Crippen molar-refractivity contribution in [3.05, 3.63) is 76.6 Å². The molecule has 0 fully saturated rings. The Morgan fingerprint density at radius 1 is 0.690 bits per heavy atom. The van der Waals surface area contributed by atoms with Crippen LogP contribution in [0.1, 0.15) is 32.6 Å². The van der Waals surface area contributed by atoms with Crippen LogP contribution in [0.15, 0.2) is 48.8 Å². The molecule has 3 rings (SSSR count). The normalized spacial score (nSPS) is 10.8. The Morgan fingerprint density at radius 2 is 1.21 bits per heavy atom. The molecule has 0 unspecified atom stereocenters. The number of phenols is 4. The number of carbonyl (C=O) groups is 1. The van der Waals surface area contributed by atoms with Crippen molar-refractivity contribution in [2.75, 3.05) is 0 Å². The Bertz CT molecular complexity index is 1020. The van der Waals surface area contributed by atoms with E-state index in [4.69, 9.17) is 5.11 Å². The van der Waals surface area contributed by atoms with Gasteiger partial charge in [0.1, 0.15) is 11.3 Å². The van der Waals surface area contributed by atoms with Gasteiger partial charge in [0.15, 0.2) is 17.2 Å². The average Bonchev–Trinajstić information content (AvgIpc) is 2.69. The number of hydrogen-bond acceptors (Lipinski definition) is 6. The number of aryl methyl sites for hydroxylation is 4. The van der Waals surface area contributed by atoms with Crippen LogP contribution >= 0.6 is 0 Å². The van der Waals surface area contributed by atoms with Crippen LogP contribution in [0.4, 0.5) is 0 Å². The lowest BCUT2D eigenvalue weighted by molar-refractivity contribution is 0.0693. The van der Waals surface area contributed by atoms with Gasteiger partial charge in [-0.1, -0.05) is 12.1 Å². The number of pyridine rings is 1. The molecule has 0 saturated heterocycles. The van der Waals surface area contributed by atoms with E-state index >= 15 is 0 Å². The molecule has 0 atom stereocenters. The highest BCUT2D eigenvalue weighted by molar-refractivity contribution is 5.90. The second kappa shape index (κ2) is 8.52. The zero-order valence-electron chi connectivity index (χ0n) is 15.5. The third-order valence-corrected chi connectivity index (χ3v) is 4.68. The van der Waals surface area contributed by atoms with Gasteiger partial charge in [-0.25, -0.2) is 4.79 Å². The smallest absolute Gasteiger partial charge is 0.339 e. The number of carboxylic acids is 1. The van der Waals surface area contributed by atoms with Gasteiger partial charge in [0.05, 0.1) is 0 Å². The number of aromatic hydroxyl groups is 4. The third kappa shape index (κ3) is 4.95. The number of aromatic carboxylic acids is 1. The molecule has 1 heterocycles. The van der Waals surface area contributed by atoms with E-state index in [0.29, 0.717) is 31.2 Å². The van der Waals surface area contributed by atoms with Gasteiger partial charge in [0, 0.05) is 12.4 Å². The Labute approximate surface area is 167 Å². The first-order valence-corrected chi connectivity index (χ1v) is 9.05. The Hall–Kier alpha value is -3.74.